The van der Waals surface area contributed by atoms with Crippen LogP contribution in [0.4, 0.5) is 0 Å². The molecule has 0 radical (unpaired) electrons. The summed E-state index contributed by atoms with van der Waals surface area (Å²) in [6.07, 6.45) is 0. The van der Waals surface area contributed by atoms with Gasteiger partial charge < -0.3 is 5.21 Å². The van der Waals surface area contributed by atoms with Gasteiger partial charge in [-0.15, -0.1) is 11.8 Å². The minimum absolute atomic E-state index is 0.534. The van der Waals surface area contributed by atoms with Crippen LogP contribution in [-0.2, 0) is 0 Å². The molecule has 0 unspecified atom stereocenters. The van der Waals surface area contributed by atoms with Crippen LogP contribution in [-0.4, -0.2) is 16.7 Å². The molecule has 0 saturated carbocycles. The summed E-state index contributed by atoms with van der Waals surface area (Å²) in [5.74, 6) is 0.645. The van der Waals surface area contributed by atoms with Crippen molar-refractivity contribution in [3.8, 4) is 0 Å². The van der Waals surface area contributed by atoms with Gasteiger partial charge in [-0.3, -0.25) is 0 Å². The third kappa shape index (κ3) is 1.41. The van der Waals surface area contributed by atoms with Gasteiger partial charge in [-0.05, 0) is 6.07 Å². The fraction of sp³-hybridized carbons (Fsp3) is 0.125. The molecule has 1 aliphatic rings. The Morgan fingerprint density at radius 2 is 2.15 bits per heavy atom. The van der Waals surface area contributed by atoms with Crippen molar-refractivity contribution >= 4 is 40.7 Å². The predicted molar refractivity (Wildman–Crippen MR) is 55.5 cm³/mol. The Morgan fingerprint density at radius 1 is 1.38 bits per heavy atom. The Bertz CT molecular complexity index is 392. The second-order valence-electron chi connectivity index (χ2n) is 2.57. The summed E-state index contributed by atoms with van der Waals surface area (Å²) < 4.78 is 0. The lowest BCUT2D eigenvalue weighted by Gasteiger charge is -2.01. The van der Waals surface area contributed by atoms with Crippen LogP contribution in [0.1, 0.15) is 5.56 Å². The molecular formula is C8H5Cl2NOS. The van der Waals surface area contributed by atoms with Crippen LogP contribution in [0.15, 0.2) is 22.2 Å². The van der Waals surface area contributed by atoms with Crippen molar-refractivity contribution in [1.82, 2.24) is 0 Å². The highest BCUT2D eigenvalue weighted by Crippen LogP contribution is 2.40. The molecule has 0 saturated heterocycles. The standard InChI is InChI=1S/C8H5Cl2NOS/c9-5-2-1-4-6(11-12)3-13-8(4)7(5)10/h1-2,12H,3H2. The van der Waals surface area contributed by atoms with E-state index in [9.17, 15) is 0 Å². The van der Waals surface area contributed by atoms with E-state index in [0.717, 1.165) is 10.5 Å². The summed E-state index contributed by atoms with van der Waals surface area (Å²) in [4.78, 5) is 0.905. The lowest BCUT2D eigenvalue weighted by Crippen LogP contribution is -1.97. The van der Waals surface area contributed by atoms with Gasteiger partial charge in [0.15, 0.2) is 0 Å². The molecule has 0 aromatic heterocycles. The first kappa shape index (κ1) is 9.19. The average Bonchev–Trinajstić information content (AvgIpc) is 2.55. The Morgan fingerprint density at radius 3 is 2.85 bits per heavy atom. The first-order chi connectivity index (χ1) is 6.24. The van der Waals surface area contributed by atoms with Crippen LogP contribution >= 0.6 is 35.0 Å². The van der Waals surface area contributed by atoms with Crippen molar-refractivity contribution in [1.29, 1.82) is 0 Å². The SMILES string of the molecule is ON=C1CSc2c1ccc(Cl)c2Cl. The fourth-order valence-corrected chi connectivity index (χ4v) is 2.82. The molecule has 2 nitrogen and oxygen atoms in total. The van der Waals surface area contributed by atoms with Gasteiger partial charge in [0.05, 0.1) is 15.8 Å². The van der Waals surface area contributed by atoms with E-state index in [4.69, 9.17) is 28.4 Å². The van der Waals surface area contributed by atoms with Crippen molar-refractivity contribution in [2.45, 2.75) is 4.90 Å². The third-order valence-electron chi connectivity index (χ3n) is 1.83. The highest BCUT2D eigenvalue weighted by molar-refractivity contribution is 8.00. The number of hydrogen-bond donors (Lipinski definition) is 1. The van der Waals surface area contributed by atoms with Crippen molar-refractivity contribution in [2.24, 2.45) is 5.16 Å². The van der Waals surface area contributed by atoms with E-state index in [-0.39, 0.29) is 0 Å². The second-order valence-corrected chi connectivity index (χ2v) is 4.34. The Hall–Kier alpha value is -0.380. The minimum Gasteiger partial charge on any atom is -0.411 e. The lowest BCUT2D eigenvalue weighted by atomic mass is 10.1. The molecule has 0 spiro atoms. The average molecular weight is 234 g/mol. The molecule has 2 rings (SSSR count). The van der Waals surface area contributed by atoms with E-state index in [2.05, 4.69) is 5.16 Å². The highest BCUT2D eigenvalue weighted by Gasteiger charge is 2.22. The van der Waals surface area contributed by atoms with Gasteiger partial charge in [-0.2, -0.15) is 0 Å². The zero-order chi connectivity index (χ0) is 9.42. The molecule has 0 atom stereocenters. The summed E-state index contributed by atoms with van der Waals surface area (Å²) in [7, 11) is 0. The molecule has 1 aromatic carbocycles. The van der Waals surface area contributed by atoms with Gasteiger partial charge in [0.1, 0.15) is 0 Å². The van der Waals surface area contributed by atoms with Gasteiger partial charge in [-0.25, -0.2) is 0 Å². The summed E-state index contributed by atoms with van der Waals surface area (Å²) in [6.45, 7) is 0. The van der Waals surface area contributed by atoms with Crippen LogP contribution in [0.5, 0.6) is 0 Å². The molecule has 68 valence electrons. The molecule has 1 N–H and O–H groups in total. The summed E-state index contributed by atoms with van der Waals surface area (Å²) in [6, 6.07) is 3.53. The van der Waals surface area contributed by atoms with E-state index in [0.29, 0.717) is 21.5 Å². The number of thioether (sulfide) groups is 1. The number of nitrogens with zero attached hydrogens (tertiary/aromatic N) is 1. The monoisotopic (exact) mass is 233 g/mol. The maximum Gasteiger partial charge on any atom is 0.0981 e. The first-order valence-corrected chi connectivity index (χ1v) is 5.30. The number of halogens is 2. The molecule has 1 heterocycles. The molecule has 0 fully saturated rings. The van der Waals surface area contributed by atoms with E-state index in [1.165, 1.54) is 11.8 Å². The number of fused-ring (bicyclic) bond motifs is 1. The van der Waals surface area contributed by atoms with Crippen molar-refractivity contribution in [3.63, 3.8) is 0 Å². The Kier molecular flexibility index (Phi) is 2.41. The van der Waals surface area contributed by atoms with Crippen molar-refractivity contribution in [3.05, 3.63) is 27.7 Å². The first-order valence-electron chi connectivity index (χ1n) is 3.56. The minimum atomic E-state index is 0.534. The van der Waals surface area contributed by atoms with Gasteiger partial charge >= 0.3 is 0 Å². The summed E-state index contributed by atoms with van der Waals surface area (Å²) >= 11 is 13.3. The number of hydrogen-bond acceptors (Lipinski definition) is 3. The quantitative estimate of drug-likeness (QED) is 0.551. The predicted octanol–water partition coefficient (Wildman–Crippen LogP) is 3.28. The number of oxime groups is 1. The molecule has 13 heavy (non-hydrogen) atoms. The maximum atomic E-state index is 8.67. The van der Waals surface area contributed by atoms with E-state index in [1.807, 2.05) is 6.07 Å². The topological polar surface area (TPSA) is 32.6 Å². The number of rotatable bonds is 0. The molecule has 0 aliphatic carbocycles. The van der Waals surface area contributed by atoms with Crippen LogP contribution in [0.25, 0.3) is 0 Å². The second kappa shape index (κ2) is 3.40. The lowest BCUT2D eigenvalue weighted by molar-refractivity contribution is 0.319. The zero-order valence-corrected chi connectivity index (χ0v) is 8.75. The van der Waals surface area contributed by atoms with E-state index in [1.54, 1.807) is 6.07 Å². The molecule has 5 heteroatoms. The third-order valence-corrected chi connectivity index (χ3v) is 3.88. The van der Waals surface area contributed by atoms with Crippen LogP contribution in [0.2, 0.25) is 10.0 Å². The molecule has 0 amide bonds. The Balaban J connectivity index is 2.64. The largest absolute Gasteiger partial charge is 0.411 e. The van der Waals surface area contributed by atoms with Gasteiger partial charge in [0.25, 0.3) is 0 Å². The maximum absolute atomic E-state index is 8.67. The van der Waals surface area contributed by atoms with Gasteiger partial charge in [0.2, 0.25) is 0 Å². The van der Waals surface area contributed by atoms with Crippen LogP contribution in [0, 0.1) is 0 Å². The van der Waals surface area contributed by atoms with Gasteiger partial charge in [-0.1, -0.05) is 34.4 Å². The molecule has 1 aliphatic heterocycles. The molecule has 1 aromatic rings. The van der Waals surface area contributed by atoms with Crippen molar-refractivity contribution in [2.75, 3.05) is 5.75 Å². The fourth-order valence-electron chi connectivity index (χ4n) is 1.20. The zero-order valence-electron chi connectivity index (χ0n) is 6.42. The summed E-state index contributed by atoms with van der Waals surface area (Å²) in [5, 5.41) is 12.9. The molecular weight excluding hydrogens is 229 g/mol. The number of benzene rings is 1. The normalized spacial score (nSPS) is 17.8. The smallest absolute Gasteiger partial charge is 0.0981 e. The van der Waals surface area contributed by atoms with Crippen molar-refractivity contribution < 1.29 is 5.21 Å². The van der Waals surface area contributed by atoms with Crippen LogP contribution < -0.4 is 0 Å². The van der Waals surface area contributed by atoms with E-state index < -0.39 is 0 Å². The Labute approximate surface area is 89.5 Å². The van der Waals surface area contributed by atoms with Crippen LogP contribution in [0.3, 0.4) is 0 Å². The highest BCUT2D eigenvalue weighted by atomic mass is 35.5. The molecule has 0 bridgehead atoms. The summed E-state index contributed by atoms with van der Waals surface area (Å²) in [5.41, 5.74) is 1.53. The van der Waals surface area contributed by atoms with E-state index >= 15 is 0 Å². The van der Waals surface area contributed by atoms with Gasteiger partial charge in [0, 0.05) is 16.2 Å².